The minimum atomic E-state index is -1.94. The number of piperidine rings is 1. The van der Waals surface area contributed by atoms with Gasteiger partial charge in [-0.15, -0.1) is 0 Å². The first-order valence-corrected chi connectivity index (χ1v) is 23.9. The fourth-order valence-corrected chi connectivity index (χ4v) is 9.41. The number of ether oxygens (including phenoxy) is 1. The van der Waals surface area contributed by atoms with Gasteiger partial charge in [-0.2, -0.15) is 0 Å². The van der Waals surface area contributed by atoms with E-state index in [1.807, 2.05) is 13.8 Å². The highest BCUT2D eigenvalue weighted by molar-refractivity contribution is 6.70. The number of benzene rings is 3. The van der Waals surface area contributed by atoms with Crippen LogP contribution in [0.4, 0.5) is 0 Å². The second kappa shape index (κ2) is 15.1. The third-order valence-electron chi connectivity index (χ3n) is 9.16. The summed E-state index contributed by atoms with van der Waals surface area (Å²) in [5, 5.41) is 0. The van der Waals surface area contributed by atoms with E-state index in [1.165, 1.54) is 23.8 Å². The fraction of sp³-hybridized carbons (Fsp3) is 0.513. The maximum Gasteiger partial charge on any atom is 0.315 e. The van der Waals surface area contributed by atoms with E-state index in [9.17, 15) is 4.79 Å². The van der Waals surface area contributed by atoms with E-state index in [0.717, 1.165) is 50.8 Å². The molecule has 250 valence electrons. The third-order valence-corrected chi connectivity index (χ3v) is 11.1. The average molecular weight is 660 g/mol. The predicted molar refractivity (Wildman–Crippen MR) is 195 cm³/mol. The summed E-state index contributed by atoms with van der Waals surface area (Å²) in [6.07, 6.45) is 5.25. The van der Waals surface area contributed by atoms with Gasteiger partial charge in [0.1, 0.15) is 5.60 Å². The van der Waals surface area contributed by atoms with Gasteiger partial charge in [0.2, 0.25) is 0 Å². The third kappa shape index (κ3) is 9.07. The number of nitrogens with zero attached hydrogens (tertiary/aromatic N) is 1. The summed E-state index contributed by atoms with van der Waals surface area (Å²) in [4.78, 5) is 14.9. The molecule has 1 aliphatic heterocycles. The molecule has 1 unspecified atom stereocenters. The Morgan fingerprint density at radius 1 is 0.783 bits per heavy atom. The summed E-state index contributed by atoms with van der Waals surface area (Å²) in [7, 11) is -2.26. The number of carbonyl (C=O) groups excluding carboxylic acids is 1. The number of rotatable bonds is 14. The van der Waals surface area contributed by atoms with Gasteiger partial charge >= 0.3 is 5.97 Å². The largest absolute Gasteiger partial charge is 0.468 e. The van der Waals surface area contributed by atoms with Crippen molar-refractivity contribution in [2.75, 3.05) is 20.2 Å². The van der Waals surface area contributed by atoms with Crippen molar-refractivity contribution in [1.82, 2.24) is 4.90 Å². The summed E-state index contributed by atoms with van der Waals surface area (Å²) in [5.74, 6) is 0.146. The Morgan fingerprint density at radius 2 is 1.30 bits per heavy atom. The van der Waals surface area contributed by atoms with Gasteiger partial charge in [0, 0.05) is 13.1 Å². The van der Waals surface area contributed by atoms with E-state index in [0.29, 0.717) is 5.92 Å². The van der Waals surface area contributed by atoms with Crippen LogP contribution in [-0.2, 0) is 35.8 Å². The normalized spacial score (nSPS) is 16.3. The molecule has 0 aromatic heterocycles. The average Bonchev–Trinajstić information content (AvgIpc) is 3.03. The van der Waals surface area contributed by atoms with Gasteiger partial charge in [0.15, 0.2) is 16.6 Å². The van der Waals surface area contributed by atoms with Crippen LogP contribution < -0.4 is 0 Å². The highest BCUT2D eigenvalue weighted by Gasteiger charge is 2.47. The zero-order valence-electron chi connectivity index (χ0n) is 29.8. The number of hydrogen-bond donors (Lipinski definition) is 0. The lowest BCUT2D eigenvalue weighted by Gasteiger charge is -2.49. The number of likely N-dealkylation sites (tertiary alicyclic amines) is 1. The van der Waals surface area contributed by atoms with Crippen LogP contribution in [0.2, 0.25) is 39.3 Å². The summed E-state index contributed by atoms with van der Waals surface area (Å²) in [6, 6.07) is 30.3. The molecule has 0 amide bonds. The van der Waals surface area contributed by atoms with Crippen molar-refractivity contribution in [3.05, 3.63) is 107 Å². The molecule has 5 nitrogen and oxygen atoms in total. The molecular formula is C39H57NO4Si2. The monoisotopic (exact) mass is 659 g/mol. The van der Waals surface area contributed by atoms with E-state index in [-0.39, 0.29) is 12.2 Å². The molecule has 1 saturated heterocycles. The molecule has 0 spiro atoms. The molecule has 1 atom stereocenters. The Balaban J connectivity index is 1.50. The van der Waals surface area contributed by atoms with E-state index < -0.39 is 27.7 Å². The summed E-state index contributed by atoms with van der Waals surface area (Å²) in [5.41, 5.74) is 3.66. The van der Waals surface area contributed by atoms with Gasteiger partial charge in [-0.3, -0.25) is 9.69 Å². The van der Waals surface area contributed by atoms with Crippen molar-refractivity contribution in [3.8, 4) is 0 Å². The molecule has 7 heteroatoms. The topological polar surface area (TPSA) is 48.0 Å². The van der Waals surface area contributed by atoms with Gasteiger partial charge in [-0.05, 0) is 113 Å². The zero-order chi connectivity index (χ0) is 33.6. The number of methoxy groups -OCH3 is 1. The second-order valence-corrected chi connectivity index (χ2v) is 24.3. The highest BCUT2D eigenvalue weighted by atomic mass is 28.4. The first kappa shape index (κ1) is 36.3. The Labute approximate surface area is 280 Å². The van der Waals surface area contributed by atoms with Crippen LogP contribution in [0, 0.1) is 5.92 Å². The Hall–Kier alpha value is -2.56. The maximum absolute atomic E-state index is 12.3. The molecule has 1 aliphatic rings. The van der Waals surface area contributed by atoms with Crippen LogP contribution in [0.25, 0.3) is 0 Å². The number of esters is 1. The van der Waals surface area contributed by atoms with Gasteiger partial charge in [-0.1, -0.05) is 84.9 Å². The lowest BCUT2D eigenvalue weighted by molar-refractivity contribution is -0.146. The molecular weight excluding hydrogens is 603 g/mol. The molecule has 0 N–H and O–H groups in total. The molecule has 4 rings (SSSR count). The molecule has 1 heterocycles. The first-order chi connectivity index (χ1) is 21.7. The van der Waals surface area contributed by atoms with Gasteiger partial charge in [0.25, 0.3) is 0 Å². The molecule has 3 aromatic carbocycles. The molecule has 0 aliphatic carbocycles. The van der Waals surface area contributed by atoms with Crippen molar-refractivity contribution in [2.45, 2.75) is 102 Å². The maximum atomic E-state index is 12.3. The van der Waals surface area contributed by atoms with Crippen LogP contribution in [-0.4, -0.2) is 53.9 Å². The quantitative estimate of drug-likeness (QED) is 0.128. The van der Waals surface area contributed by atoms with Crippen LogP contribution in [0.1, 0.15) is 61.8 Å². The van der Waals surface area contributed by atoms with Crippen molar-refractivity contribution in [3.63, 3.8) is 0 Å². The molecule has 0 radical (unpaired) electrons. The minimum absolute atomic E-state index is 0.117. The summed E-state index contributed by atoms with van der Waals surface area (Å²) < 4.78 is 19.2. The number of aryl methyl sites for hydroxylation is 1. The molecule has 0 saturated carbocycles. The Kier molecular flexibility index (Phi) is 11.9. The lowest BCUT2D eigenvalue weighted by atomic mass is 9.72. The SMILES string of the molecule is COC(=O)C(C)(C)c1ccc(CCCC(O[Si](C)(C)C)N2CCC(C(O[Si](C)(C)C)(c3ccccc3)c3ccccc3)CC2)cc1. The van der Waals surface area contributed by atoms with Crippen molar-refractivity contribution in [1.29, 1.82) is 0 Å². The van der Waals surface area contributed by atoms with Crippen LogP contribution >= 0.6 is 0 Å². The van der Waals surface area contributed by atoms with Gasteiger partial charge in [0.05, 0.1) is 18.8 Å². The fourth-order valence-electron chi connectivity index (χ4n) is 6.95. The number of carbonyl (C=O) groups is 1. The molecule has 46 heavy (non-hydrogen) atoms. The molecule has 0 bridgehead atoms. The molecule has 1 fully saturated rings. The lowest BCUT2D eigenvalue weighted by Crippen LogP contribution is -2.53. The highest BCUT2D eigenvalue weighted by Crippen LogP contribution is 2.47. The van der Waals surface area contributed by atoms with Crippen LogP contribution in [0.5, 0.6) is 0 Å². The summed E-state index contributed by atoms with van der Waals surface area (Å²) >= 11 is 0. The standard InChI is InChI=1S/C39H57NO4Si2/c1-38(2,37(41)42-3)32-25-23-31(24-26-32)17-16-22-36(43-45(4,5)6)40-29-27-35(28-30-40)39(44-46(7,8)9,33-18-12-10-13-19-33)34-20-14-11-15-21-34/h10-15,18-21,23-26,35-36H,16-17,22,27-30H2,1-9H3. The predicted octanol–water partition coefficient (Wildman–Crippen LogP) is 9.14. The van der Waals surface area contributed by atoms with E-state index >= 15 is 0 Å². The summed E-state index contributed by atoms with van der Waals surface area (Å²) in [6.45, 7) is 19.6. The Morgan fingerprint density at radius 3 is 1.76 bits per heavy atom. The van der Waals surface area contributed by atoms with Crippen LogP contribution in [0.15, 0.2) is 84.9 Å². The molecule has 3 aromatic rings. The van der Waals surface area contributed by atoms with Crippen LogP contribution in [0.3, 0.4) is 0 Å². The van der Waals surface area contributed by atoms with E-state index in [1.54, 1.807) is 0 Å². The van der Waals surface area contributed by atoms with E-state index in [2.05, 4.69) is 129 Å². The van der Waals surface area contributed by atoms with Crippen molar-refractivity contribution >= 4 is 22.6 Å². The van der Waals surface area contributed by atoms with Gasteiger partial charge in [-0.25, -0.2) is 0 Å². The minimum Gasteiger partial charge on any atom is -0.468 e. The zero-order valence-corrected chi connectivity index (χ0v) is 31.8. The number of hydrogen-bond acceptors (Lipinski definition) is 5. The smallest absolute Gasteiger partial charge is 0.315 e. The second-order valence-electron chi connectivity index (χ2n) is 15.4. The Bertz CT molecular complexity index is 1330. The van der Waals surface area contributed by atoms with Gasteiger partial charge < -0.3 is 13.6 Å². The van der Waals surface area contributed by atoms with E-state index in [4.69, 9.17) is 13.6 Å². The first-order valence-electron chi connectivity index (χ1n) is 17.1. The van der Waals surface area contributed by atoms with Crippen molar-refractivity contribution < 1.29 is 18.4 Å². The van der Waals surface area contributed by atoms with Crippen molar-refractivity contribution in [2.24, 2.45) is 5.92 Å².